The van der Waals surface area contributed by atoms with E-state index >= 15 is 0 Å². The molecule has 0 bridgehead atoms. The summed E-state index contributed by atoms with van der Waals surface area (Å²) in [6.45, 7) is 12.6. The average Bonchev–Trinajstić information content (AvgIpc) is 3.16. The number of aliphatic hydroxyl groups is 2. The zero-order valence-corrected chi connectivity index (χ0v) is 23.7. The van der Waals surface area contributed by atoms with Crippen LogP contribution in [-0.4, -0.2) is 35.6 Å². The Balaban J connectivity index is 1.84. The van der Waals surface area contributed by atoms with Gasteiger partial charge in [-0.2, -0.15) is 0 Å². The maximum Gasteiger partial charge on any atom is 0.119 e. The van der Waals surface area contributed by atoms with Gasteiger partial charge in [-0.1, -0.05) is 48.5 Å². The van der Waals surface area contributed by atoms with E-state index in [0.717, 1.165) is 33.8 Å². The lowest BCUT2D eigenvalue weighted by Gasteiger charge is -2.39. The second-order valence-corrected chi connectivity index (χ2v) is 11.0. The molecule has 202 valence electrons. The van der Waals surface area contributed by atoms with Gasteiger partial charge in [-0.25, -0.2) is 0 Å². The maximum absolute atomic E-state index is 9.79. The molecule has 4 aromatic carbocycles. The van der Waals surface area contributed by atoms with Gasteiger partial charge < -0.3 is 19.7 Å². The Bertz CT molecular complexity index is 1350. The van der Waals surface area contributed by atoms with E-state index in [1.807, 2.05) is 0 Å². The summed E-state index contributed by atoms with van der Waals surface area (Å²) in [6.07, 6.45) is -1.07. The van der Waals surface area contributed by atoms with E-state index < -0.39 is 17.6 Å². The summed E-state index contributed by atoms with van der Waals surface area (Å²) < 4.78 is 11.9. The molecule has 5 rings (SSSR count). The van der Waals surface area contributed by atoms with E-state index in [2.05, 4.69) is 100 Å². The average molecular weight is 523 g/mol. The van der Waals surface area contributed by atoms with Crippen LogP contribution in [0.2, 0.25) is 0 Å². The fourth-order valence-corrected chi connectivity index (χ4v) is 6.53. The van der Waals surface area contributed by atoms with Crippen LogP contribution < -0.4 is 9.47 Å². The summed E-state index contributed by atoms with van der Waals surface area (Å²) in [6, 6.07) is 25.9. The molecule has 0 saturated heterocycles. The molecule has 0 aromatic heterocycles. The Morgan fingerprint density at radius 2 is 0.923 bits per heavy atom. The van der Waals surface area contributed by atoms with Crippen LogP contribution in [0.15, 0.2) is 72.8 Å². The van der Waals surface area contributed by atoms with Crippen LogP contribution >= 0.6 is 0 Å². The minimum atomic E-state index is -0.541. The summed E-state index contributed by atoms with van der Waals surface area (Å²) in [5.41, 5.74) is 11.5. The van der Waals surface area contributed by atoms with Gasteiger partial charge in [-0.15, -0.1) is 0 Å². The van der Waals surface area contributed by atoms with Gasteiger partial charge in [0.05, 0.1) is 17.6 Å². The molecule has 0 aliphatic heterocycles. The molecule has 4 aromatic rings. The van der Waals surface area contributed by atoms with Crippen LogP contribution in [-0.2, 0) is 5.41 Å². The molecule has 2 N–H and O–H groups in total. The van der Waals surface area contributed by atoms with Gasteiger partial charge in [0.1, 0.15) is 24.7 Å². The zero-order chi connectivity index (χ0) is 27.9. The maximum atomic E-state index is 9.79. The quantitative estimate of drug-likeness (QED) is 0.235. The van der Waals surface area contributed by atoms with Gasteiger partial charge in [-0.05, 0) is 121 Å². The summed E-state index contributed by atoms with van der Waals surface area (Å²) in [7, 11) is 0. The summed E-state index contributed by atoms with van der Waals surface area (Å²) in [4.78, 5) is 0. The second kappa shape index (κ2) is 10.5. The van der Waals surface area contributed by atoms with Gasteiger partial charge in [0.15, 0.2) is 0 Å². The largest absolute Gasteiger partial charge is 0.491 e. The third-order valence-electron chi connectivity index (χ3n) is 7.70. The van der Waals surface area contributed by atoms with Crippen molar-refractivity contribution in [1.82, 2.24) is 0 Å². The van der Waals surface area contributed by atoms with Crippen molar-refractivity contribution in [3.05, 3.63) is 117 Å². The van der Waals surface area contributed by atoms with E-state index in [9.17, 15) is 10.2 Å². The summed E-state index contributed by atoms with van der Waals surface area (Å²) in [5, 5.41) is 19.6. The molecule has 0 amide bonds. The van der Waals surface area contributed by atoms with Crippen molar-refractivity contribution in [2.24, 2.45) is 0 Å². The first-order chi connectivity index (χ1) is 18.6. The van der Waals surface area contributed by atoms with Crippen molar-refractivity contribution in [1.29, 1.82) is 0 Å². The highest BCUT2D eigenvalue weighted by atomic mass is 16.5. The molecule has 1 aliphatic rings. The van der Waals surface area contributed by atoms with Gasteiger partial charge in [0, 0.05) is 0 Å². The molecular weight excluding hydrogens is 484 g/mol. The highest BCUT2D eigenvalue weighted by molar-refractivity contribution is 5.87. The minimum absolute atomic E-state index is 0.251. The van der Waals surface area contributed by atoms with E-state index in [1.54, 1.807) is 13.8 Å². The van der Waals surface area contributed by atoms with Crippen molar-refractivity contribution in [2.45, 2.75) is 59.2 Å². The lowest BCUT2D eigenvalue weighted by atomic mass is 9.63. The first kappa shape index (κ1) is 27.0. The van der Waals surface area contributed by atoms with E-state index in [4.69, 9.17) is 9.47 Å². The number of hydrogen-bond acceptors (Lipinski definition) is 4. The zero-order valence-electron chi connectivity index (χ0n) is 23.7. The first-order valence-corrected chi connectivity index (χ1v) is 13.7. The van der Waals surface area contributed by atoms with Gasteiger partial charge in [0.25, 0.3) is 0 Å². The Morgan fingerprint density at radius 3 is 1.26 bits per heavy atom. The number of fused-ring (bicyclic) bond motifs is 3. The Labute approximate surface area is 231 Å². The van der Waals surface area contributed by atoms with Gasteiger partial charge >= 0.3 is 0 Å². The van der Waals surface area contributed by atoms with Crippen LogP contribution in [0.1, 0.15) is 58.4 Å². The third-order valence-corrected chi connectivity index (χ3v) is 7.70. The predicted molar refractivity (Wildman–Crippen MR) is 157 cm³/mol. The SMILES string of the molecule is Cc1cc(OCC(C)O)cc(C)c1C1(c2c(C)cc(OCC(C)O)cc2C)c2ccccc2-c2ccccc21. The fraction of sp³-hybridized carbons (Fsp3) is 0.314. The van der Waals surface area contributed by atoms with Crippen molar-refractivity contribution >= 4 is 0 Å². The lowest BCUT2D eigenvalue weighted by molar-refractivity contribution is 0.122. The number of hydrogen-bond donors (Lipinski definition) is 2. The highest BCUT2D eigenvalue weighted by Gasteiger charge is 2.49. The van der Waals surface area contributed by atoms with Crippen molar-refractivity contribution in [3.8, 4) is 22.6 Å². The van der Waals surface area contributed by atoms with E-state index in [1.165, 1.54) is 33.4 Å². The van der Waals surface area contributed by atoms with E-state index in [-0.39, 0.29) is 13.2 Å². The molecule has 1 aliphatic carbocycles. The number of aliphatic hydroxyl groups excluding tert-OH is 2. The number of ether oxygens (including phenoxy) is 2. The normalized spacial score (nSPS) is 14.9. The van der Waals surface area contributed by atoms with Crippen molar-refractivity contribution < 1.29 is 19.7 Å². The monoisotopic (exact) mass is 522 g/mol. The smallest absolute Gasteiger partial charge is 0.119 e. The van der Waals surface area contributed by atoms with Crippen LogP contribution in [0.5, 0.6) is 11.5 Å². The number of rotatable bonds is 8. The van der Waals surface area contributed by atoms with Crippen LogP contribution in [0.4, 0.5) is 0 Å². The molecule has 0 heterocycles. The molecular formula is C35H38O4. The van der Waals surface area contributed by atoms with Gasteiger partial charge in [-0.3, -0.25) is 0 Å². The molecule has 0 fully saturated rings. The predicted octanol–water partition coefficient (Wildman–Crippen LogP) is 6.80. The number of aryl methyl sites for hydroxylation is 4. The Morgan fingerprint density at radius 1 is 0.590 bits per heavy atom. The standard InChI is InChI=1S/C35H38O4/c1-21-15-27(38-19-25(5)36)16-22(2)33(21)35(34-23(3)17-28(18-24(34)4)39-20-26(6)37)31-13-9-7-11-29(31)30-12-8-10-14-32(30)35/h7-18,25-26,36-37H,19-20H2,1-6H3. The molecule has 4 heteroatoms. The molecule has 39 heavy (non-hydrogen) atoms. The lowest BCUT2D eigenvalue weighted by Crippen LogP contribution is -2.32. The van der Waals surface area contributed by atoms with Crippen molar-refractivity contribution in [3.63, 3.8) is 0 Å². The molecule has 0 spiro atoms. The first-order valence-electron chi connectivity index (χ1n) is 13.7. The molecule has 0 radical (unpaired) electrons. The summed E-state index contributed by atoms with van der Waals surface area (Å²) in [5.74, 6) is 1.53. The molecule has 4 nitrogen and oxygen atoms in total. The minimum Gasteiger partial charge on any atom is -0.491 e. The highest BCUT2D eigenvalue weighted by Crippen LogP contribution is 2.59. The molecule has 2 atom stereocenters. The fourth-order valence-electron chi connectivity index (χ4n) is 6.53. The van der Waals surface area contributed by atoms with Gasteiger partial charge in [0.2, 0.25) is 0 Å². The molecule has 2 unspecified atom stereocenters. The summed E-state index contributed by atoms with van der Waals surface area (Å²) >= 11 is 0. The Kier molecular flexibility index (Phi) is 7.28. The van der Waals surface area contributed by atoms with Crippen LogP contribution in [0.3, 0.4) is 0 Å². The Hall–Kier alpha value is -3.60. The number of benzene rings is 4. The second-order valence-electron chi connectivity index (χ2n) is 11.0. The van der Waals surface area contributed by atoms with Crippen LogP contribution in [0, 0.1) is 27.7 Å². The van der Waals surface area contributed by atoms with E-state index in [0.29, 0.717) is 0 Å². The van der Waals surface area contributed by atoms with Crippen LogP contribution in [0.25, 0.3) is 11.1 Å². The van der Waals surface area contributed by atoms with Crippen molar-refractivity contribution in [2.75, 3.05) is 13.2 Å². The molecule has 0 saturated carbocycles. The third kappa shape index (κ3) is 4.62. The topological polar surface area (TPSA) is 58.9 Å².